The Morgan fingerprint density at radius 2 is 0.447 bits per heavy atom. The fraction of sp³-hybridized carbons (Fsp3) is 0. The second kappa shape index (κ2) is 6.44. The Balaban J connectivity index is 2.07. The average molecular weight is 513 g/mol. The summed E-state index contributed by atoms with van der Waals surface area (Å²) >= 11 is 0. The van der Waals surface area contributed by atoms with Crippen LogP contribution in [-0.4, -0.2) is 0 Å². The van der Waals surface area contributed by atoms with Crippen molar-refractivity contribution in [2.24, 2.45) is 0 Å². The summed E-state index contributed by atoms with van der Waals surface area (Å²) in [7, 11) is 0. The lowest BCUT2D eigenvalue weighted by Crippen LogP contribution is -2.09. The first kappa shape index (κ1) is 22.5. The lowest BCUT2D eigenvalue weighted by molar-refractivity contribution is 1.65. The molecule has 0 bridgehead atoms. The lowest BCUT2D eigenvalue weighted by Gasteiger charge is -2.22. The number of rotatable bonds is 0. The van der Waals surface area contributed by atoms with E-state index in [1.807, 2.05) is 0 Å². The SMILES string of the molecule is Nc1c(N)c(N)c2c(N)c3c(c(N)c2c1N)-c1c(N)c(N)c(N)c2c(N)c4c(N)c(N)c(N)c(N)c4c-3c12. The summed E-state index contributed by atoms with van der Waals surface area (Å²) in [6, 6.07) is 0. The third-order valence-corrected chi connectivity index (χ3v) is 7.80. The topological polar surface area (TPSA) is 364 Å². The van der Waals surface area contributed by atoms with Crippen LogP contribution in [-0.2, 0) is 0 Å². The van der Waals surface area contributed by atoms with E-state index in [4.69, 9.17) is 80.3 Å². The molecule has 0 saturated heterocycles. The fourth-order valence-corrected chi connectivity index (χ4v) is 5.89. The monoisotopic (exact) mass is 512 g/mol. The number of anilines is 14. The molecule has 0 saturated carbocycles. The summed E-state index contributed by atoms with van der Waals surface area (Å²) in [5.74, 6) is 0. The molecular formula is C24H28N14. The highest BCUT2D eigenvalue weighted by atomic mass is 14.8. The van der Waals surface area contributed by atoms with Gasteiger partial charge in [-0.25, -0.2) is 0 Å². The zero-order chi connectivity index (χ0) is 27.9. The summed E-state index contributed by atoms with van der Waals surface area (Å²) in [5.41, 5.74) is 93.8. The first-order valence-corrected chi connectivity index (χ1v) is 11.3. The Labute approximate surface area is 214 Å². The quantitative estimate of drug-likeness (QED) is 0.0764. The molecule has 5 aromatic carbocycles. The highest BCUT2D eigenvalue weighted by Crippen LogP contribution is 2.65. The fourth-order valence-electron chi connectivity index (χ4n) is 5.89. The molecule has 0 spiro atoms. The largest absolute Gasteiger partial charge is 0.398 e. The number of nitrogen functional groups attached to an aromatic ring is 14. The zero-order valence-corrected chi connectivity index (χ0v) is 20.1. The van der Waals surface area contributed by atoms with Crippen molar-refractivity contribution in [2.75, 3.05) is 80.3 Å². The van der Waals surface area contributed by atoms with E-state index in [0.29, 0.717) is 54.6 Å². The van der Waals surface area contributed by atoms with Gasteiger partial charge in [0.25, 0.3) is 0 Å². The normalized spacial score (nSPS) is 12.1. The van der Waals surface area contributed by atoms with E-state index in [0.717, 1.165) is 0 Å². The van der Waals surface area contributed by atoms with Gasteiger partial charge in [-0.3, -0.25) is 0 Å². The van der Waals surface area contributed by atoms with Crippen molar-refractivity contribution >= 4 is 112 Å². The van der Waals surface area contributed by atoms with Crippen molar-refractivity contribution in [1.82, 2.24) is 0 Å². The number of fused-ring (bicyclic) bond motifs is 6. The summed E-state index contributed by atoms with van der Waals surface area (Å²) in [5, 5.41) is 2.23. The molecule has 14 heteroatoms. The maximum Gasteiger partial charge on any atom is 0.0810 e. The Morgan fingerprint density at radius 3 is 0.868 bits per heavy atom. The van der Waals surface area contributed by atoms with Crippen LogP contribution in [0.4, 0.5) is 79.6 Å². The molecular weight excluding hydrogens is 484 g/mol. The molecule has 0 unspecified atom stereocenters. The Hall–Kier alpha value is -5.92. The summed E-state index contributed by atoms with van der Waals surface area (Å²) in [4.78, 5) is 0. The van der Waals surface area contributed by atoms with Crippen LogP contribution in [0.3, 0.4) is 0 Å². The van der Waals surface area contributed by atoms with Gasteiger partial charge in [0.15, 0.2) is 0 Å². The smallest absolute Gasteiger partial charge is 0.0810 e. The summed E-state index contributed by atoms with van der Waals surface area (Å²) < 4.78 is 0. The highest BCUT2D eigenvalue weighted by molar-refractivity contribution is 6.42. The van der Waals surface area contributed by atoms with Gasteiger partial charge in [0.1, 0.15) is 0 Å². The molecule has 1 aliphatic carbocycles. The second-order valence-corrected chi connectivity index (χ2v) is 9.54. The van der Waals surface area contributed by atoms with E-state index in [1.165, 1.54) is 0 Å². The molecule has 0 amide bonds. The molecule has 0 aliphatic heterocycles. The minimum absolute atomic E-state index is 0.0673. The van der Waals surface area contributed by atoms with Gasteiger partial charge in [-0.1, -0.05) is 0 Å². The Morgan fingerprint density at radius 1 is 0.158 bits per heavy atom. The third-order valence-electron chi connectivity index (χ3n) is 7.80. The van der Waals surface area contributed by atoms with Gasteiger partial charge in [0.2, 0.25) is 0 Å². The molecule has 0 heterocycles. The number of hydrogen-bond acceptors (Lipinski definition) is 14. The van der Waals surface area contributed by atoms with Crippen molar-refractivity contribution in [3.05, 3.63) is 0 Å². The van der Waals surface area contributed by atoms with Crippen LogP contribution in [0.5, 0.6) is 0 Å². The summed E-state index contributed by atoms with van der Waals surface area (Å²) in [6.45, 7) is 0. The van der Waals surface area contributed by atoms with Crippen molar-refractivity contribution in [1.29, 1.82) is 0 Å². The van der Waals surface area contributed by atoms with Crippen LogP contribution in [0.15, 0.2) is 0 Å². The van der Waals surface area contributed by atoms with Crippen LogP contribution in [0.25, 0.3) is 54.6 Å². The molecule has 194 valence electrons. The lowest BCUT2D eigenvalue weighted by atomic mass is 9.88. The molecule has 0 fully saturated rings. The van der Waals surface area contributed by atoms with Crippen molar-refractivity contribution in [3.8, 4) is 22.3 Å². The Bertz CT molecular complexity index is 2010. The van der Waals surface area contributed by atoms with Gasteiger partial charge in [-0.05, 0) is 0 Å². The second-order valence-electron chi connectivity index (χ2n) is 9.54. The molecule has 1 aliphatic rings. The number of benzene rings is 5. The van der Waals surface area contributed by atoms with Crippen molar-refractivity contribution in [3.63, 3.8) is 0 Å². The molecule has 0 radical (unpaired) electrons. The highest BCUT2D eigenvalue weighted by Gasteiger charge is 2.37. The maximum atomic E-state index is 6.84. The van der Waals surface area contributed by atoms with E-state index in [9.17, 15) is 0 Å². The summed E-state index contributed by atoms with van der Waals surface area (Å²) in [6.07, 6.45) is 0. The minimum Gasteiger partial charge on any atom is -0.398 e. The average Bonchev–Trinajstić information content (AvgIpc) is 3.24. The third kappa shape index (κ3) is 2.10. The maximum absolute atomic E-state index is 6.84. The molecule has 5 aromatic rings. The Kier molecular flexibility index (Phi) is 3.82. The van der Waals surface area contributed by atoms with Gasteiger partial charge in [-0.15, -0.1) is 0 Å². The van der Waals surface area contributed by atoms with Crippen molar-refractivity contribution in [2.45, 2.75) is 0 Å². The standard InChI is InChI=1S/C24H28N14/c25-11-3-1-2-4(6(3)12(26)10-9(11)18(32)23(37)24(38)19(10)33)14(28)20(34)16(30)7(2)13(27)8-5(1)15(29)21(35)22(36)17(8)31/h25-38H2. The van der Waals surface area contributed by atoms with Gasteiger partial charge >= 0.3 is 0 Å². The molecule has 28 N–H and O–H groups in total. The van der Waals surface area contributed by atoms with Crippen LogP contribution in [0.2, 0.25) is 0 Å². The van der Waals surface area contributed by atoms with Crippen molar-refractivity contribution < 1.29 is 0 Å². The number of hydrogen-bond donors (Lipinski definition) is 14. The van der Waals surface area contributed by atoms with Crippen LogP contribution in [0.1, 0.15) is 0 Å². The van der Waals surface area contributed by atoms with E-state index in [-0.39, 0.29) is 79.6 Å². The van der Waals surface area contributed by atoms with E-state index in [1.54, 1.807) is 0 Å². The van der Waals surface area contributed by atoms with Crippen LogP contribution < -0.4 is 80.3 Å². The van der Waals surface area contributed by atoms with E-state index < -0.39 is 0 Å². The minimum atomic E-state index is 0.0673. The van der Waals surface area contributed by atoms with E-state index in [2.05, 4.69) is 0 Å². The van der Waals surface area contributed by atoms with E-state index >= 15 is 0 Å². The molecule has 38 heavy (non-hydrogen) atoms. The van der Waals surface area contributed by atoms with Crippen LogP contribution in [0, 0.1) is 0 Å². The van der Waals surface area contributed by atoms with Gasteiger partial charge in [-0.2, -0.15) is 0 Å². The molecule has 6 rings (SSSR count). The van der Waals surface area contributed by atoms with Gasteiger partial charge in [0, 0.05) is 54.6 Å². The predicted octanol–water partition coefficient (Wildman–Crippen LogP) is 0.944. The molecule has 14 nitrogen and oxygen atoms in total. The predicted molar refractivity (Wildman–Crippen MR) is 165 cm³/mol. The van der Waals surface area contributed by atoms with Gasteiger partial charge < -0.3 is 80.3 Å². The van der Waals surface area contributed by atoms with Crippen LogP contribution >= 0.6 is 0 Å². The van der Waals surface area contributed by atoms with Gasteiger partial charge in [0.05, 0.1) is 79.6 Å². The number of nitrogens with two attached hydrogens (primary N) is 14. The zero-order valence-electron chi connectivity index (χ0n) is 20.1. The molecule has 0 aromatic heterocycles. The molecule has 0 atom stereocenters. The first-order chi connectivity index (χ1) is 17.7. The first-order valence-electron chi connectivity index (χ1n) is 11.3.